The number of rotatable bonds is 9. The van der Waals surface area contributed by atoms with Crippen LogP contribution in [0.5, 0.6) is 0 Å². The van der Waals surface area contributed by atoms with Gasteiger partial charge in [-0.1, -0.05) is 6.92 Å². The van der Waals surface area contributed by atoms with Crippen molar-refractivity contribution in [2.75, 3.05) is 6.54 Å². The quantitative estimate of drug-likeness (QED) is 0.401. The van der Waals surface area contributed by atoms with Gasteiger partial charge < -0.3 is 14.4 Å². The predicted molar refractivity (Wildman–Crippen MR) is 80.9 cm³/mol. The number of nitrogens with one attached hydrogen (secondary N) is 1. The minimum absolute atomic E-state index is 0.318. The third kappa shape index (κ3) is 5.62. The molecule has 1 unspecified atom stereocenters. The molecule has 7 heteroatoms. The highest BCUT2D eigenvalue weighted by Crippen LogP contribution is 2.59. The molecule has 0 spiro atoms. The first-order valence-electron chi connectivity index (χ1n) is 6.85. The molecule has 0 amide bonds. The van der Waals surface area contributed by atoms with E-state index in [9.17, 15) is 9.83 Å². The summed E-state index contributed by atoms with van der Waals surface area (Å²) in [6.07, 6.45) is 1.65. The van der Waals surface area contributed by atoms with Crippen molar-refractivity contribution in [3.63, 3.8) is 0 Å². The van der Waals surface area contributed by atoms with Crippen LogP contribution in [0.3, 0.4) is 0 Å². The monoisotopic (exact) mass is 303 g/mol. The molecule has 0 aliphatic carbocycles. The molecule has 0 heterocycles. The average molecular weight is 303 g/mol. The van der Waals surface area contributed by atoms with Crippen LogP contribution < -0.4 is 5.32 Å². The van der Waals surface area contributed by atoms with Crippen LogP contribution in [0.2, 0.25) is 0 Å². The number of aliphatic imine (C=N–C) groups is 1. The van der Waals surface area contributed by atoms with Gasteiger partial charge in [-0.3, -0.25) is 9.56 Å². The van der Waals surface area contributed by atoms with Gasteiger partial charge in [-0.2, -0.15) is 5.26 Å². The Labute approximate surface area is 122 Å². The number of nitriles is 1. The van der Waals surface area contributed by atoms with Crippen LogP contribution in [-0.2, 0) is 13.6 Å². The highest BCUT2D eigenvalue weighted by molar-refractivity contribution is 7.56. The molecule has 0 aliphatic heterocycles. The van der Waals surface area contributed by atoms with E-state index in [1.165, 1.54) is 13.3 Å². The van der Waals surface area contributed by atoms with Crippen LogP contribution in [0.1, 0.15) is 48.0 Å². The van der Waals surface area contributed by atoms with Crippen molar-refractivity contribution in [1.29, 1.82) is 5.26 Å². The maximum Gasteiger partial charge on any atom is 0.370 e. The third-order valence-electron chi connectivity index (χ3n) is 2.25. The highest BCUT2D eigenvalue weighted by atomic mass is 31.2. The maximum absolute atomic E-state index is 13.0. The van der Waals surface area contributed by atoms with E-state index in [0.717, 1.165) is 6.42 Å². The molecule has 0 aromatic rings. The molecule has 0 saturated heterocycles. The second kappa shape index (κ2) is 8.41. The van der Waals surface area contributed by atoms with Gasteiger partial charge in [0.15, 0.2) is 0 Å². The van der Waals surface area contributed by atoms with E-state index in [1.54, 1.807) is 27.7 Å². The van der Waals surface area contributed by atoms with Gasteiger partial charge >= 0.3 is 7.60 Å². The summed E-state index contributed by atoms with van der Waals surface area (Å²) >= 11 is 0. The second-order valence-corrected chi connectivity index (χ2v) is 7.48. The number of hydrogen-bond donors (Lipinski definition) is 1. The fourth-order valence-corrected chi connectivity index (χ4v) is 3.25. The zero-order valence-corrected chi connectivity index (χ0v) is 14.1. The van der Waals surface area contributed by atoms with Crippen molar-refractivity contribution in [1.82, 2.24) is 5.32 Å². The van der Waals surface area contributed by atoms with Crippen LogP contribution in [0.4, 0.5) is 0 Å². The van der Waals surface area contributed by atoms with Gasteiger partial charge in [0, 0.05) is 6.54 Å². The Bertz CT molecular complexity index is 390. The molecule has 0 aliphatic rings. The first kappa shape index (κ1) is 19.1. The molecule has 0 aromatic heterocycles. The van der Waals surface area contributed by atoms with Crippen LogP contribution in [0, 0.1) is 11.3 Å². The standard InChI is InChI=1S/C13H26N3O3P/c1-7-8-15-10-16-13(6,9-14)20(17,18-11(2)3)19-12(4)5/h10-12H,7-8H2,1-6H3,(H,15,16). The van der Waals surface area contributed by atoms with Crippen molar-refractivity contribution < 1.29 is 13.6 Å². The molecular weight excluding hydrogens is 277 g/mol. The second-order valence-electron chi connectivity index (χ2n) is 5.17. The summed E-state index contributed by atoms with van der Waals surface area (Å²) in [6.45, 7) is 11.1. The zero-order chi connectivity index (χ0) is 15.8. The lowest BCUT2D eigenvalue weighted by Crippen LogP contribution is -2.42. The molecule has 0 fully saturated rings. The van der Waals surface area contributed by atoms with Gasteiger partial charge in [-0.15, -0.1) is 0 Å². The number of nitrogens with zero attached hydrogens (tertiary/aromatic N) is 2. The Balaban J connectivity index is 5.26. The van der Waals surface area contributed by atoms with E-state index in [1.807, 2.05) is 13.0 Å². The molecule has 0 saturated carbocycles. The molecule has 0 radical (unpaired) electrons. The Morgan fingerprint density at radius 2 is 1.85 bits per heavy atom. The fraction of sp³-hybridized carbons (Fsp3) is 0.846. The number of hydrogen-bond acceptors (Lipinski definition) is 5. The van der Waals surface area contributed by atoms with E-state index >= 15 is 0 Å². The lowest BCUT2D eigenvalue weighted by atomic mass is 10.4. The summed E-state index contributed by atoms with van der Waals surface area (Å²) in [7, 11) is -3.67. The summed E-state index contributed by atoms with van der Waals surface area (Å²) < 4.78 is 23.9. The summed E-state index contributed by atoms with van der Waals surface area (Å²) in [5.74, 6) is 0. The molecule has 1 N–H and O–H groups in total. The summed E-state index contributed by atoms with van der Waals surface area (Å²) in [5.41, 5.74) is 0. The minimum Gasteiger partial charge on any atom is -0.349 e. The molecular formula is C13H26N3O3P. The van der Waals surface area contributed by atoms with E-state index in [0.29, 0.717) is 6.54 Å². The van der Waals surface area contributed by atoms with Crippen molar-refractivity contribution >= 4 is 13.9 Å². The third-order valence-corrected chi connectivity index (χ3v) is 4.98. The lowest BCUT2D eigenvalue weighted by Gasteiger charge is -2.33. The Morgan fingerprint density at radius 3 is 2.20 bits per heavy atom. The normalized spacial score (nSPS) is 15.6. The topological polar surface area (TPSA) is 83.7 Å². The maximum atomic E-state index is 13.0. The Morgan fingerprint density at radius 1 is 1.35 bits per heavy atom. The van der Waals surface area contributed by atoms with Crippen LogP contribution in [0.25, 0.3) is 0 Å². The zero-order valence-electron chi connectivity index (χ0n) is 13.2. The van der Waals surface area contributed by atoms with E-state index < -0.39 is 12.9 Å². The predicted octanol–water partition coefficient (Wildman–Crippen LogP) is 3.30. The van der Waals surface area contributed by atoms with E-state index in [-0.39, 0.29) is 12.2 Å². The highest BCUT2D eigenvalue weighted by Gasteiger charge is 2.49. The van der Waals surface area contributed by atoms with Crippen molar-refractivity contribution in [2.45, 2.75) is 65.5 Å². The largest absolute Gasteiger partial charge is 0.370 e. The smallest absolute Gasteiger partial charge is 0.349 e. The van der Waals surface area contributed by atoms with E-state index in [4.69, 9.17) is 9.05 Å². The molecule has 1 atom stereocenters. The van der Waals surface area contributed by atoms with Crippen molar-refractivity contribution in [3.05, 3.63) is 0 Å². The molecule has 0 aromatic carbocycles. The Hall–Kier alpha value is -0.890. The minimum atomic E-state index is -3.67. The molecule has 6 nitrogen and oxygen atoms in total. The molecule has 0 rings (SSSR count). The van der Waals surface area contributed by atoms with Crippen molar-refractivity contribution in [2.24, 2.45) is 4.99 Å². The van der Waals surface area contributed by atoms with Crippen LogP contribution in [-0.4, -0.2) is 30.4 Å². The van der Waals surface area contributed by atoms with Gasteiger partial charge in [-0.25, -0.2) is 0 Å². The van der Waals surface area contributed by atoms with Crippen LogP contribution in [0.15, 0.2) is 4.99 Å². The molecule has 20 heavy (non-hydrogen) atoms. The summed E-state index contributed by atoms with van der Waals surface area (Å²) in [6, 6.07) is 1.99. The van der Waals surface area contributed by atoms with Gasteiger partial charge in [0.05, 0.1) is 18.5 Å². The van der Waals surface area contributed by atoms with Gasteiger partial charge in [0.1, 0.15) is 6.07 Å². The van der Waals surface area contributed by atoms with Gasteiger partial charge in [0.2, 0.25) is 5.28 Å². The average Bonchev–Trinajstić information content (AvgIpc) is 2.32. The van der Waals surface area contributed by atoms with Crippen molar-refractivity contribution in [3.8, 4) is 6.07 Å². The van der Waals surface area contributed by atoms with Gasteiger partial charge in [0.25, 0.3) is 0 Å². The Kier molecular flexibility index (Phi) is 8.03. The molecule has 0 bridgehead atoms. The first-order chi connectivity index (χ1) is 9.20. The fourth-order valence-electron chi connectivity index (χ4n) is 1.33. The first-order valence-corrected chi connectivity index (χ1v) is 8.39. The van der Waals surface area contributed by atoms with E-state index in [2.05, 4.69) is 10.3 Å². The summed E-state index contributed by atoms with van der Waals surface area (Å²) in [5, 5.41) is 10.7. The summed E-state index contributed by atoms with van der Waals surface area (Å²) in [4.78, 5) is 4.08. The SMILES string of the molecule is CCCN=CNC(C)(C#N)P(=O)(OC(C)C)OC(C)C. The van der Waals surface area contributed by atoms with Crippen LogP contribution >= 0.6 is 7.60 Å². The lowest BCUT2D eigenvalue weighted by molar-refractivity contribution is 0.131. The molecule has 116 valence electrons. The van der Waals surface area contributed by atoms with Gasteiger partial charge in [-0.05, 0) is 41.0 Å².